The maximum Gasteiger partial charge on any atom is 0.178 e. The van der Waals surface area contributed by atoms with Gasteiger partial charge < -0.3 is 0 Å². The van der Waals surface area contributed by atoms with Crippen LogP contribution < -0.4 is 0 Å². The number of sulfone groups is 1. The molecule has 100 valence electrons. The van der Waals surface area contributed by atoms with Crippen molar-refractivity contribution in [3.05, 3.63) is 48.8 Å². The quantitative estimate of drug-likeness (QED) is 0.841. The molecule has 2 rings (SSSR count). The van der Waals surface area contributed by atoms with Crippen molar-refractivity contribution in [1.29, 1.82) is 0 Å². The van der Waals surface area contributed by atoms with Gasteiger partial charge in [0, 0.05) is 12.4 Å². The van der Waals surface area contributed by atoms with E-state index in [1.54, 1.807) is 30.6 Å². The first-order valence-corrected chi connectivity index (χ1v) is 8.02. The van der Waals surface area contributed by atoms with Gasteiger partial charge in [-0.15, -0.1) is 0 Å². The summed E-state index contributed by atoms with van der Waals surface area (Å²) >= 11 is 0. The van der Waals surface area contributed by atoms with Crippen LogP contribution in [0.4, 0.5) is 0 Å². The summed E-state index contributed by atoms with van der Waals surface area (Å²) < 4.78 is 24.3. The fourth-order valence-corrected chi connectivity index (χ4v) is 3.36. The Hall–Kier alpha value is -1.68. The minimum atomic E-state index is -3.17. The van der Waals surface area contributed by atoms with Gasteiger partial charge >= 0.3 is 0 Å². The third kappa shape index (κ3) is 3.41. The predicted octanol–water partition coefficient (Wildman–Crippen LogP) is 3.32. The van der Waals surface area contributed by atoms with E-state index in [-0.39, 0.29) is 5.75 Å². The van der Waals surface area contributed by atoms with Gasteiger partial charge in [-0.3, -0.25) is 4.98 Å². The van der Waals surface area contributed by atoms with Crippen LogP contribution in [0, 0.1) is 0 Å². The lowest BCUT2D eigenvalue weighted by Gasteiger charge is -2.06. The number of unbranched alkanes of at least 4 members (excludes halogenated alkanes) is 1. The van der Waals surface area contributed by atoms with Crippen LogP contribution in [0.15, 0.2) is 53.7 Å². The van der Waals surface area contributed by atoms with Gasteiger partial charge in [-0.05, 0) is 41.8 Å². The number of aromatic nitrogens is 1. The minimum absolute atomic E-state index is 0.212. The predicted molar refractivity (Wildman–Crippen MR) is 76.6 cm³/mol. The molecule has 0 aliphatic rings. The van der Waals surface area contributed by atoms with Crippen molar-refractivity contribution in [2.45, 2.75) is 24.7 Å². The van der Waals surface area contributed by atoms with Crippen LogP contribution in [0.5, 0.6) is 0 Å². The van der Waals surface area contributed by atoms with Gasteiger partial charge in [-0.1, -0.05) is 25.5 Å². The third-order valence-electron chi connectivity index (χ3n) is 2.97. The topological polar surface area (TPSA) is 47.0 Å². The van der Waals surface area contributed by atoms with E-state index in [0.717, 1.165) is 17.5 Å². The highest BCUT2D eigenvalue weighted by molar-refractivity contribution is 7.91. The molecule has 0 saturated heterocycles. The van der Waals surface area contributed by atoms with Gasteiger partial charge in [-0.2, -0.15) is 0 Å². The number of benzene rings is 1. The number of pyridine rings is 1. The van der Waals surface area contributed by atoms with Crippen molar-refractivity contribution in [3.8, 4) is 11.1 Å². The van der Waals surface area contributed by atoms with E-state index in [2.05, 4.69) is 4.98 Å². The Morgan fingerprint density at radius 1 is 1.05 bits per heavy atom. The highest BCUT2D eigenvalue weighted by Crippen LogP contribution is 2.22. The van der Waals surface area contributed by atoms with Gasteiger partial charge in [0.15, 0.2) is 9.84 Å². The van der Waals surface area contributed by atoms with Gasteiger partial charge in [0.25, 0.3) is 0 Å². The second-order valence-corrected chi connectivity index (χ2v) is 6.55. The number of hydrogen-bond acceptors (Lipinski definition) is 3. The van der Waals surface area contributed by atoms with Crippen molar-refractivity contribution in [2.75, 3.05) is 5.75 Å². The minimum Gasteiger partial charge on any atom is -0.265 e. The lowest BCUT2D eigenvalue weighted by Crippen LogP contribution is -2.06. The summed E-state index contributed by atoms with van der Waals surface area (Å²) in [6.07, 6.45) is 4.98. The van der Waals surface area contributed by atoms with E-state index < -0.39 is 9.84 Å². The summed E-state index contributed by atoms with van der Waals surface area (Å²) in [5.41, 5.74) is 1.88. The summed E-state index contributed by atoms with van der Waals surface area (Å²) in [7, 11) is -3.17. The molecule has 2 aromatic rings. The van der Waals surface area contributed by atoms with Gasteiger partial charge in [0.05, 0.1) is 10.6 Å². The Morgan fingerprint density at radius 3 is 2.47 bits per heavy atom. The SMILES string of the molecule is CCCCS(=O)(=O)c1cccc(-c2ccncc2)c1. The van der Waals surface area contributed by atoms with Crippen LogP contribution in [-0.2, 0) is 9.84 Å². The van der Waals surface area contributed by atoms with Crippen molar-refractivity contribution >= 4 is 9.84 Å². The van der Waals surface area contributed by atoms with Gasteiger partial charge in [0.2, 0.25) is 0 Å². The second-order valence-electron chi connectivity index (χ2n) is 4.44. The molecule has 0 aliphatic heterocycles. The molecule has 0 amide bonds. The lowest BCUT2D eigenvalue weighted by molar-refractivity contribution is 0.592. The molecule has 0 radical (unpaired) electrons. The highest BCUT2D eigenvalue weighted by Gasteiger charge is 2.14. The molecule has 0 saturated carbocycles. The lowest BCUT2D eigenvalue weighted by atomic mass is 10.1. The van der Waals surface area contributed by atoms with Crippen LogP contribution in [0.1, 0.15) is 19.8 Å². The van der Waals surface area contributed by atoms with Crippen molar-refractivity contribution in [3.63, 3.8) is 0 Å². The molecule has 0 spiro atoms. The smallest absolute Gasteiger partial charge is 0.178 e. The summed E-state index contributed by atoms with van der Waals surface area (Å²) in [4.78, 5) is 4.36. The average Bonchev–Trinajstić information content (AvgIpc) is 2.46. The Labute approximate surface area is 114 Å². The molecule has 0 fully saturated rings. The first-order chi connectivity index (χ1) is 9.13. The summed E-state index contributed by atoms with van der Waals surface area (Å²) in [6.45, 7) is 1.99. The third-order valence-corrected chi connectivity index (χ3v) is 4.77. The summed E-state index contributed by atoms with van der Waals surface area (Å²) in [5.74, 6) is 0.212. The molecular formula is C15H17NO2S. The molecule has 0 bridgehead atoms. The molecule has 0 aliphatic carbocycles. The normalized spacial score (nSPS) is 11.4. The Balaban J connectivity index is 2.35. The van der Waals surface area contributed by atoms with E-state index in [1.807, 2.05) is 25.1 Å². The molecular weight excluding hydrogens is 258 g/mol. The number of hydrogen-bond donors (Lipinski definition) is 0. The molecule has 1 heterocycles. The molecule has 0 N–H and O–H groups in total. The maximum absolute atomic E-state index is 12.2. The molecule has 0 unspecified atom stereocenters. The van der Waals surface area contributed by atoms with Gasteiger partial charge in [-0.25, -0.2) is 8.42 Å². The summed E-state index contributed by atoms with van der Waals surface area (Å²) in [5, 5.41) is 0. The first kappa shape index (κ1) is 13.7. The maximum atomic E-state index is 12.2. The standard InChI is InChI=1S/C15H17NO2S/c1-2-3-11-19(17,18)15-6-4-5-14(12-15)13-7-9-16-10-8-13/h4-10,12H,2-3,11H2,1H3. The molecule has 4 heteroatoms. The van der Waals surface area contributed by atoms with Crippen LogP contribution in [0.3, 0.4) is 0 Å². The van der Waals surface area contributed by atoms with Gasteiger partial charge in [0.1, 0.15) is 0 Å². The molecule has 1 aromatic heterocycles. The summed E-state index contributed by atoms with van der Waals surface area (Å²) in [6, 6.07) is 10.8. The van der Waals surface area contributed by atoms with E-state index in [1.165, 1.54) is 0 Å². The van der Waals surface area contributed by atoms with Crippen LogP contribution in [0.2, 0.25) is 0 Å². The van der Waals surface area contributed by atoms with E-state index >= 15 is 0 Å². The highest BCUT2D eigenvalue weighted by atomic mass is 32.2. The first-order valence-electron chi connectivity index (χ1n) is 6.37. The fraction of sp³-hybridized carbons (Fsp3) is 0.267. The second kappa shape index (κ2) is 5.97. The molecule has 0 atom stereocenters. The van der Waals surface area contributed by atoms with Crippen molar-refractivity contribution in [2.24, 2.45) is 0 Å². The van der Waals surface area contributed by atoms with E-state index in [9.17, 15) is 8.42 Å². The average molecular weight is 275 g/mol. The Kier molecular flexibility index (Phi) is 4.32. The Morgan fingerprint density at radius 2 is 1.79 bits per heavy atom. The van der Waals surface area contributed by atoms with E-state index in [4.69, 9.17) is 0 Å². The van der Waals surface area contributed by atoms with Crippen molar-refractivity contribution in [1.82, 2.24) is 4.98 Å². The zero-order valence-corrected chi connectivity index (χ0v) is 11.7. The molecule has 19 heavy (non-hydrogen) atoms. The number of rotatable bonds is 5. The fourth-order valence-electron chi connectivity index (χ4n) is 1.87. The van der Waals surface area contributed by atoms with E-state index in [0.29, 0.717) is 11.3 Å². The Bertz CT molecular complexity index is 636. The number of nitrogens with zero attached hydrogens (tertiary/aromatic N) is 1. The zero-order valence-electron chi connectivity index (χ0n) is 10.9. The van der Waals surface area contributed by atoms with Crippen molar-refractivity contribution < 1.29 is 8.42 Å². The van der Waals surface area contributed by atoms with Crippen LogP contribution in [0.25, 0.3) is 11.1 Å². The van der Waals surface area contributed by atoms with Crippen LogP contribution in [-0.4, -0.2) is 19.2 Å². The largest absolute Gasteiger partial charge is 0.265 e. The molecule has 1 aromatic carbocycles. The zero-order chi connectivity index (χ0) is 13.7. The monoisotopic (exact) mass is 275 g/mol. The van der Waals surface area contributed by atoms with Crippen LogP contribution >= 0.6 is 0 Å². The molecule has 3 nitrogen and oxygen atoms in total.